The first-order valence-corrected chi connectivity index (χ1v) is 12.6. The van der Waals surface area contributed by atoms with Gasteiger partial charge in [-0.2, -0.15) is 4.31 Å². The van der Waals surface area contributed by atoms with Gasteiger partial charge in [-0.25, -0.2) is 22.0 Å². The summed E-state index contributed by atoms with van der Waals surface area (Å²) in [4.78, 5) is 14.1. The molecule has 0 radical (unpaired) electrons. The molecule has 0 aliphatic carbocycles. The number of rotatable bonds is 7. The number of nitrogens with zero attached hydrogens (tertiary/aromatic N) is 2. The van der Waals surface area contributed by atoms with Crippen molar-refractivity contribution < 1.29 is 21.6 Å². The van der Waals surface area contributed by atoms with Crippen LogP contribution in [-0.2, 0) is 24.8 Å². The highest BCUT2D eigenvalue weighted by Gasteiger charge is 2.26. The van der Waals surface area contributed by atoms with Crippen molar-refractivity contribution in [2.24, 2.45) is 5.14 Å². The number of carbonyl (C=O) groups is 1. The third kappa shape index (κ3) is 6.71. The number of hydrogen-bond acceptors (Lipinski definition) is 6. The first kappa shape index (κ1) is 23.1. The maximum Gasteiger partial charge on any atom is 0.238 e. The summed E-state index contributed by atoms with van der Waals surface area (Å²) in [6, 6.07) is 14.9. The van der Waals surface area contributed by atoms with Crippen LogP contribution < -0.4 is 10.5 Å². The number of primary sulfonamides is 1. The van der Waals surface area contributed by atoms with Gasteiger partial charge in [0.1, 0.15) is 0 Å². The molecule has 166 valence electrons. The van der Waals surface area contributed by atoms with Crippen molar-refractivity contribution in [2.45, 2.75) is 4.90 Å². The molecular formula is C20H24N4O5S2. The molecule has 0 unspecified atom stereocenters. The summed E-state index contributed by atoms with van der Waals surface area (Å²) in [7, 11) is -7.40. The Morgan fingerprint density at radius 3 is 2.29 bits per heavy atom. The Hall–Kier alpha value is -2.57. The van der Waals surface area contributed by atoms with Crippen molar-refractivity contribution >= 4 is 37.7 Å². The van der Waals surface area contributed by atoms with E-state index in [4.69, 9.17) is 5.14 Å². The van der Waals surface area contributed by atoms with Crippen LogP contribution in [0.15, 0.2) is 64.9 Å². The van der Waals surface area contributed by atoms with Gasteiger partial charge >= 0.3 is 0 Å². The number of nitrogens with two attached hydrogens (primary N) is 1. The molecule has 11 heteroatoms. The summed E-state index contributed by atoms with van der Waals surface area (Å²) in [5.41, 5.74) is 1.12. The first-order chi connectivity index (χ1) is 14.6. The second-order valence-electron chi connectivity index (χ2n) is 7.05. The van der Waals surface area contributed by atoms with Gasteiger partial charge in [0.15, 0.2) is 0 Å². The lowest BCUT2D eigenvalue weighted by atomic mass is 10.2. The molecule has 3 rings (SSSR count). The molecule has 31 heavy (non-hydrogen) atoms. The summed E-state index contributed by atoms with van der Waals surface area (Å²) < 4.78 is 49.3. The molecule has 1 heterocycles. The van der Waals surface area contributed by atoms with Gasteiger partial charge in [0.05, 0.1) is 11.4 Å². The summed E-state index contributed by atoms with van der Waals surface area (Å²) in [6.07, 6.45) is 1.56. The number of benzene rings is 2. The van der Waals surface area contributed by atoms with E-state index in [-0.39, 0.29) is 30.4 Å². The summed E-state index contributed by atoms with van der Waals surface area (Å²) in [5, 5.41) is 8.94. The van der Waals surface area contributed by atoms with E-state index in [1.165, 1.54) is 27.9 Å². The number of nitrogens with one attached hydrogen (secondary N) is 1. The molecule has 2 aromatic carbocycles. The first-order valence-electron chi connectivity index (χ1n) is 9.52. The average molecular weight is 465 g/mol. The maximum atomic E-state index is 12.5. The van der Waals surface area contributed by atoms with Crippen molar-refractivity contribution in [3.05, 3.63) is 65.6 Å². The van der Waals surface area contributed by atoms with Gasteiger partial charge in [0, 0.05) is 37.3 Å². The van der Waals surface area contributed by atoms with Crippen molar-refractivity contribution in [1.82, 2.24) is 9.21 Å². The standard InChI is InChI=1S/C20H24N4O5S2/c21-31(28,29)19-8-4-7-18(15-19)22-20(25)16-23-10-12-24(13-11-23)30(26,27)14-9-17-5-2-1-3-6-17/h1-9,14-15H,10-13,16H2,(H,22,25)(H2,21,28,29)/b14-9+. The maximum absolute atomic E-state index is 12.5. The third-order valence-corrected chi connectivity index (χ3v) is 7.21. The Morgan fingerprint density at radius 2 is 1.65 bits per heavy atom. The van der Waals surface area contributed by atoms with Crippen LogP contribution in [-0.4, -0.2) is 64.7 Å². The smallest absolute Gasteiger partial charge is 0.238 e. The molecule has 1 aliphatic heterocycles. The Labute approximate surface area is 182 Å². The van der Waals surface area contributed by atoms with E-state index in [9.17, 15) is 21.6 Å². The summed E-state index contributed by atoms with van der Waals surface area (Å²) >= 11 is 0. The molecule has 1 fully saturated rings. The SMILES string of the molecule is NS(=O)(=O)c1cccc(NC(=O)CN2CCN(S(=O)(=O)/C=C/c3ccccc3)CC2)c1. The van der Waals surface area contributed by atoms with E-state index in [1.807, 2.05) is 35.2 Å². The minimum absolute atomic E-state index is 0.0628. The molecule has 1 amide bonds. The highest BCUT2D eigenvalue weighted by molar-refractivity contribution is 7.92. The van der Waals surface area contributed by atoms with Crippen LogP contribution in [0.1, 0.15) is 5.56 Å². The van der Waals surface area contributed by atoms with E-state index >= 15 is 0 Å². The summed E-state index contributed by atoms with van der Waals surface area (Å²) in [6.45, 7) is 1.42. The largest absolute Gasteiger partial charge is 0.325 e. The molecule has 0 saturated carbocycles. The quantitative estimate of drug-likeness (QED) is 0.626. The highest BCUT2D eigenvalue weighted by Crippen LogP contribution is 2.15. The molecule has 3 N–H and O–H groups in total. The van der Waals surface area contributed by atoms with Gasteiger partial charge in [-0.15, -0.1) is 0 Å². The third-order valence-electron chi connectivity index (χ3n) is 4.74. The lowest BCUT2D eigenvalue weighted by Crippen LogP contribution is -2.49. The van der Waals surface area contributed by atoms with Crippen LogP contribution in [0.2, 0.25) is 0 Å². The van der Waals surface area contributed by atoms with Crippen molar-refractivity contribution in [3.8, 4) is 0 Å². The predicted molar refractivity (Wildman–Crippen MR) is 119 cm³/mol. The number of amides is 1. The van der Waals surface area contributed by atoms with Crippen LogP contribution in [0.4, 0.5) is 5.69 Å². The van der Waals surface area contributed by atoms with Crippen LogP contribution in [0.25, 0.3) is 6.08 Å². The monoisotopic (exact) mass is 464 g/mol. The zero-order valence-electron chi connectivity index (χ0n) is 16.7. The minimum atomic E-state index is -3.86. The molecule has 0 spiro atoms. The summed E-state index contributed by atoms with van der Waals surface area (Å²) in [5.74, 6) is -0.327. The number of carbonyl (C=O) groups excluding carboxylic acids is 1. The molecule has 1 saturated heterocycles. The second-order valence-corrected chi connectivity index (χ2v) is 10.4. The fraction of sp³-hybridized carbons (Fsp3) is 0.250. The number of anilines is 1. The number of piperazine rings is 1. The molecule has 0 bridgehead atoms. The lowest BCUT2D eigenvalue weighted by molar-refractivity contribution is -0.117. The van der Waals surface area contributed by atoms with Gasteiger partial charge in [-0.1, -0.05) is 36.4 Å². The van der Waals surface area contributed by atoms with E-state index in [0.29, 0.717) is 18.8 Å². The van der Waals surface area contributed by atoms with Gasteiger partial charge in [0.2, 0.25) is 26.0 Å². The van der Waals surface area contributed by atoms with E-state index in [1.54, 1.807) is 12.1 Å². The highest BCUT2D eigenvalue weighted by atomic mass is 32.2. The lowest BCUT2D eigenvalue weighted by Gasteiger charge is -2.32. The topological polar surface area (TPSA) is 130 Å². The molecule has 0 atom stereocenters. The Balaban J connectivity index is 1.52. The van der Waals surface area contributed by atoms with Gasteiger partial charge in [-0.05, 0) is 29.8 Å². The number of hydrogen-bond donors (Lipinski definition) is 2. The fourth-order valence-corrected chi connectivity index (χ4v) is 4.84. The molecule has 1 aliphatic rings. The van der Waals surface area contributed by atoms with Crippen LogP contribution >= 0.6 is 0 Å². The normalized spacial score (nSPS) is 16.4. The number of sulfonamides is 2. The van der Waals surface area contributed by atoms with Crippen molar-refractivity contribution in [1.29, 1.82) is 0 Å². The zero-order valence-corrected chi connectivity index (χ0v) is 18.3. The van der Waals surface area contributed by atoms with Crippen molar-refractivity contribution in [2.75, 3.05) is 38.0 Å². The molecular weight excluding hydrogens is 440 g/mol. The zero-order chi connectivity index (χ0) is 22.5. The average Bonchev–Trinajstić information content (AvgIpc) is 2.73. The molecule has 0 aromatic heterocycles. The fourth-order valence-electron chi connectivity index (χ4n) is 3.11. The van der Waals surface area contributed by atoms with E-state index in [0.717, 1.165) is 5.56 Å². The van der Waals surface area contributed by atoms with Gasteiger partial charge in [-0.3, -0.25) is 9.69 Å². The van der Waals surface area contributed by atoms with Crippen LogP contribution in [0.3, 0.4) is 0 Å². The van der Waals surface area contributed by atoms with Crippen molar-refractivity contribution in [3.63, 3.8) is 0 Å². The Morgan fingerprint density at radius 1 is 0.968 bits per heavy atom. The van der Waals surface area contributed by atoms with Crippen LogP contribution in [0.5, 0.6) is 0 Å². The van der Waals surface area contributed by atoms with E-state index < -0.39 is 20.0 Å². The van der Waals surface area contributed by atoms with E-state index in [2.05, 4.69) is 5.32 Å². The Bertz CT molecular complexity index is 1160. The molecule has 9 nitrogen and oxygen atoms in total. The second kappa shape index (κ2) is 9.71. The Kier molecular flexibility index (Phi) is 7.23. The molecule has 2 aromatic rings. The predicted octanol–water partition coefficient (Wildman–Crippen LogP) is 0.891. The van der Waals surface area contributed by atoms with Crippen LogP contribution in [0, 0.1) is 0 Å². The van der Waals surface area contributed by atoms with Gasteiger partial charge in [0.25, 0.3) is 0 Å². The van der Waals surface area contributed by atoms with Gasteiger partial charge < -0.3 is 5.32 Å². The minimum Gasteiger partial charge on any atom is -0.325 e.